The number of aromatic nitrogens is 2. The number of hydrogen-bond donors (Lipinski definition) is 0. The van der Waals surface area contributed by atoms with Crippen molar-refractivity contribution < 1.29 is 14.3 Å². The molecular formula is C21H31N3O3. The van der Waals surface area contributed by atoms with E-state index < -0.39 is 0 Å². The van der Waals surface area contributed by atoms with E-state index >= 15 is 0 Å². The highest BCUT2D eigenvalue weighted by atomic mass is 16.5. The lowest BCUT2D eigenvalue weighted by Crippen LogP contribution is -2.42. The van der Waals surface area contributed by atoms with Crippen LogP contribution in [0.2, 0.25) is 0 Å². The second-order valence-corrected chi connectivity index (χ2v) is 8.10. The molecule has 4 rings (SSSR count). The molecule has 1 unspecified atom stereocenters. The summed E-state index contributed by atoms with van der Waals surface area (Å²) in [5.41, 5.74) is 2.42. The van der Waals surface area contributed by atoms with Gasteiger partial charge in [0.05, 0.1) is 31.2 Å². The molecule has 1 fully saturated rings. The molecule has 1 saturated heterocycles. The Morgan fingerprint density at radius 2 is 2.15 bits per heavy atom. The number of allylic oxidation sites excluding steroid dienone is 1. The molecule has 1 aromatic heterocycles. The minimum atomic E-state index is 0.153. The molecule has 0 saturated carbocycles. The van der Waals surface area contributed by atoms with Crippen LogP contribution in [-0.2, 0) is 20.8 Å². The van der Waals surface area contributed by atoms with Gasteiger partial charge in [0.2, 0.25) is 5.91 Å². The van der Waals surface area contributed by atoms with E-state index in [0.29, 0.717) is 32.0 Å². The highest BCUT2D eigenvalue weighted by molar-refractivity contribution is 5.79. The number of carbonyl (C=O) groups is 1. The van der Waals surface area contributed by atoms with Gasteiger partial charge >= 0.3 is 0 Å². The Bertz CT molecular complexity index is 663. The van der Waals surface area contributed by atoms with Crippen LogP contribution in [0.25, 0.3) is 0 Å². The highest BCUT2D eigenvalue weighted by Gasteiger charge is 2.28. The smallest absolute Gasteiger partial charge is 0.227 e. The van der Waals surface area contributed by atoms with Gasteiger partial charge in [-0.2, -0.15) is 0 Å². The largest absolute Gasteiger partial charge is 0.381 e. The SMILES string of the molecule is O=C(CC1=CCCCC1)N1Cc2cncn2C(COCC2CCOCC2)C1. The number of rotatable bonds is 6. The van der Waals surface area contributed by atoms with Gasteiger partial charge in [-0.05, 0) is 44.4 Å². The molecule has 2 aliphatic heterocycles. The highest BCUT2D eigenvalue weighted by Crippen LogP contribution is 2.26. The fourth-order valence-corrected chi connectivity index (χ4v) is 4.36. The maximum atomic E-state index is 12.9. The van der Waals surface area contributed by atoms with Crippen LogP contribution in [0.5, 0.6) is 0 Å². The van der Waals surface area contributed by atoms with E-state index in [1.54, 1.807) is 0 Å². The predicted molar refractivity (Wildman–Crippen MR) is 102 cm³/mol. The summed E-state index contributed by atoms with van der Waals surface area (Å²) in [5.74, 6) is 0.839. The molecule has 3 aliphatic rings. The van der Waals surface area contributed by atoms with Crippen molar-refractivity contribution in [1.29, 1.82) is 0 Å². The van der Waals surface area contributed by atoms with Gasteiger partial charge < -0.3 is 18.9 Å². The Balaban J connectivity index is 1.33. The van der Waals surface area contributed by atoms with E-state index in [4.69, 9.17) is 9.47 Å². The molecule has 0 aromatic carbocycles. The second kappa shape index (κ2) is 9.02. The number of imidazole rings is 1. The Labute approximate surface area is 161 Å². The van der Waals surface area contributed by atoms with E-state index in [0.717, 1.165) is 51.2 Å². The van der Waals surface area contributed by atoms with E-state index in [2.05, 4.69) is 15.6 Å². The quantitative estimate of drug-likeness (QED) is 0.719. The standard InChI is InChI=1S/C21H31N3O3/c25-21(10-17-4-2-1-3-5-17)23-12-19-11-22-16-24(19)20(13-23)15-27-14-18-6-8-26-9-7-18/h4,11,16,18,20H,1-3,5-10,12-15H2. The van der Waals surface area contributed by atoms with E-state index in [1.807, 2.05) is 17.4 Å². The van der Waals surface area contributed by atoms with E-state index in [-0.39, 0.29) is 11.9 Å². The van der Waals surface area contributed by atoms with Crippen LogP contribution in [-0.4, -0.2) is 53.3 Å². The number of fused-ring (bicyclic) bond motifs is 1. The monoisotopic (exact) mass is 373 g/mol. The fraction of sp³-hybridized carbons (Fsp3) is 0.714. The number of nitrogens with zero attached hydrogens (tertiary/aromatic N) is 3. The van der Waals surface area contributed by atoms with Crippen molar-refractivity contribution >= 4 is 5.91 Å². The first-order valence-electron chi connectivity index (χ1n) is 10.4. The molecule has 3 heterocycles. The van der Waals surface area contributed by atoms with Crippen molar-refractivity contribution in [3.05, 3.63) is 29.9 Å². The van der Waals surface area contributed by atoms with Gasteiger partial charge in [0, 0.05) is 39.0 Å². The molecule has 148 valence electrons. The molecule has 1 atom stereocenters. The maximum absolute atomic E-state index is 12.9. The predicted octanol–water partition coefficient (Wildman–Crippen LogP) is 3.10. The fourth-order valence-electron chi connectivity index (χ4n) is 4.36. The van der Waals surface area contributed by atoms with Gasteiger partial charge in [-0.3, -0.25) is 4.79 Å². The lowest BCUT2D eigenvalue weighted by molar-refractivity contribution is -0.133. The van der Waals surface area contributed by atoms with Crippen LogP contribution in [0.1, 0.15) is 56.7 Å². The molecule has 1 amide bonds. The van der Waals surface area contributed by atoms with Gasteiger partial charge in [0.25, 0.3) is 0 Å². The van der Waals surface area contributed by atoms with Crippen LogP contribution in [0, 0.1) is 5.92 Å². The Morgan fingerprint density at radius 3 is 2.96 bits per heavy atom. The average Bonchev–Trinajstić information content (AvgIpc) is 3.18. The van der Waals surface area contributed by atoms with Gasteiger partial charge in [-0.15, -0.1) is 0 Å². The number of amides is 1. The molecule has 1 aliphatic carbocycles. The second-order valence-electron chi connectivity index (χ2n) is 8.10. The molecular weight excluding hydrogens is 342 g/mol. The number of ether oxygens (including phenoxy) is 2. The zero-order valence-electron chi connectivity index (χ0n) is 16.1. The Hall–Kier alpha value is -1.66. The van der Waals surface area contributed by atoms with Crippen molar-refractivity contribution in [3.8, 4) is 0 Å². The lowest BCUT2D eigenvalue weighted by Gasteiger charge is -2.35. The lowest BCUT2D eigenvalue weighted by atomic mass is 9.96. The third-order valence-electron chi connectivity index (χ3n) is 6.04. The Kier molecular flexibility index (Phi) is 6.24. The van der Waals surface area contributed by atoms with Gasteiger partial charge in [-0.25, -0.2) is 4.98 Å². The summed E-state index contributed by atoms with van der Waals surface area (Å²) < 4.78 is 13.7. The summed E-state index contributed by atoms with van der Waals surface area (Å²) in [7, 11) is 0. The molecule has 6 heteroatoms. The van der Waals surface area contributed by atoms with Crippen molar-refractivity contribution in [2.45, 2.75) is 57.5 Å². The third kappa shape index (κ3) is 4.79. The first-order chi connectivity index (χ1) is 13.3. The molecule has 0 radical (unpaired) electrons. The van der Waals surface area contributed by atoms with E-state index in [9.17, 15) is 4.79 Å². The van der Waals surface area contributed by atoms with Crippen molar-refractivity contribution in [2.24, 2.45) is 5.92 Å². The van der Waals surface area contributed by atoms with Crippen molar-refractivity contribution in [1.82, 2.24) is 14.5 Å². The molecule has 6 nitrogen and oxygen atoms in total. The van der Waals surface area contributed by atoms with Crippen LogP contribution >= 0.6 is 0 Å². The molecule has 27 heavy (non-hydrogen) atoms. The summed E-state index contributed by atoms with van der Waals surface area (Å²) in [6.45, 7) is 4.48. The van der Waals surface area contributed by atoms with Gasteiger partial charge in [0.1, 0.15) is 0 Å². The number of hydrogen-bond acceptors (Lipinski definition) is 4. The maximum Gasteiger partial charge on any atom is 0.227 e. The summed E-state index contributed by atoms with van der Waals surface area (Å²) >= 11 is 0. The molecule has 0 bridgehead atoms. The van der Waals surface area contributed by atoms with Crippen molar-refractivity contribution in [2.75, 3.05) is 33.0 Å². The topological polar surface area (TPSA) is 56.6 Å². The number of carbonyl (C=O) groups excluding carboxylic acids is 1. The molecule has 1 aromatic rings. The van der Waals surface area contributed by atoms with Gasteiger partial charge in [-0.1, -0.05) is 11.6 Å². The Morgan fingerprint density at radius 1 is 1.26 bits per heavy atom. The summed E-state index contributed by atoms with van der Waals surface area (Å²) in [4.78, 5) is 19.2. The summed E-state index contributed by atoms with van der Waals surface area (Å²) in [6, 6.07) is 0.153. The van der Waals surface area contributed by atoms with Gasteiger partial charge in [0.15, 0.2) is 0 Å². The minimum Gasteiger partial charge on any atom is -0.381 e. The van der Waals surface area contributed by atoms with Crippen LogP contribution in [0.4, 0.5) is 0 Å². The van der Waals surface area contributed by atoms with E-state index in [1.165, 1.54) is 18.4 Å². The summed E-state index contributed by atoms with van der Waals surface area (Å²) in [5, 5.41) is 0. The molecule has 0 spiro atoms. The first-order valence-corrected chi connectivity index (χ1v) is 10.4. The van der Waals surface area contributed by atoms with Crippen LogP contribution in [0.15, 0.2) is 24.2 Å². The summed E-state index contributed by atoms with van der Waals surface area (Å²) in [6.07, 6.45) is 13.4. The van der Waals surface area contributed by atoms with Crippen LogP contribution < -0.4 is 0 Å². The zero-order valence-corrected chi connectivity index (χ0v) is 16.1. The average molecular weight is 373 g/mol. The third-order valence-corrected chi connectivity index (χ3v) is 6.04. The minimum absolute atomic E-state index is 0.153. The van der Waals surface area contributed by atoms with Crippen LogP contribution in [0.3, 0.4) is 0 Å². The normalized spacial score (nSPS) is 23.8. The first kappa shape index (κ1) is 18.7. The zero-order chi connectivity index (χ0) is 18.5. The molecule has 0 N–H and O–H groups in total. The van der Waals surface area contributed by atoms with Crippen molar-refractivity contribution in [3.63, 3.8) is 0 Å².